The summed E-state index contributed by atoms with van der Waals surface area (Å²) in [6, 6.07) is 12.2. The second-order valence-corrected chi connectivity index (χ2v) is 8.00. The van der Waals surface area contributed by atoms with E-state index in [1.807, 2.05) is 13.0 Å². The number of primary amides is 1. The third kappa shape index (κ3) is 5.83. The first-order chi connectivity index (χ1) is 13.3. The van der Waals surface area contributed by atoms with Crippen LogP contribution in [0.2, 0.25) is 0 Å². The Labute approximate surface area is 169 Å². The molecule has 1 unspecified atom stereocenters. The van der Waals surface area contributed by atoms with Gasteiger partial charge in [0.15, 0.2) is 0 Å². The number of aromatic nitrogens is 1. The highest BCUT2D eigenvalue weighted by molar-refractivity contribution is 8.00. The van der Waals surface area contributed by atoms with E-state index in [1.165, 1.54) is 11.8 Å². The van der Waals surface area contributed by atoms with Crippen molar-refractivity contribution < 1.29 is 9.59 Å². The maximum Gasteiger partial charge on any atom is 0.248 e. The summed E-state index contributed by atoms with van der Waals surface area (Å²) >= 11 is 1.30. The molecule has 0 aliphatic heterocycles. The Hall–Kier alpha value is -2.85. The van der Waals surface area contributed by atoms with Crippen molar-refractivity contribution >= 4 is 29.3 Å². The lowest BCUT2D eigenvalue weighted by Gasteiger charge is -2.16. The molecule has 146 valence electrons. The summed E-state index contributed by atoms with van der Waals surface area (Å²) in [7, 11) is 0. The number of rotatable bonds is 8. The summed E-state index contributed by atoms with van der Waals surface area (Å²) in [5.74, 6) is -0.248. The maximum absolute atomic E-state index is 12.7. The van der Waals surface area contributed by atoms with Crippen molar-refractivity contribution in [3.8, 4) is 6.07 Å². The van der Waals surface area contributed by atoms with Crippen LogP contribution < -0.4 is 11.1 Å². The summed E-state index contributed by atoms with van der Waals surface area (Å²) in [6.07, 6.45) is 1.39. The number of thioether (sulfide) groups is 1. The van der Waals surface area contributed by atoms with Crippen LogP contribution in [0.1, 0.15) is 48.8 Å². The minimum atomic E-state index is -0.517. The van der Waals surface area contributed by atoms with Crippen LogP contribution in [0.5, 0.6) is 0 Å². The molecule has 3 N–H and O–H groups in total. The van der Waals surface area contributed by atoms with Crippen molar-refractivity contribution in [3.63, 3.8) is 0 Å². The third-order valence-corrected chi connectivity index (χ3v) is 5.38. The molecular weight excluding hydrogens is 372 g/mol. The first kappa shape index (κ1) is 21.5. The van der Waals surface area contributed by atoms with Crippen LogP contribution in [0.4, 0.5) is 5.69 Å². The largest absolute Gasteiger partial charge is 0.366 e. The fourth-order valence-corrected chi connectivity index (χ4v) is 3.60. The van der Waals surface area contributed by atoms with Gasteiger partial charge in [-0.25, -0.2) is 4.98 Å². The number of amides is 2. The molecule has 0 aliphatic carbocycles. The second-order valence-electron chi connectivity index (χ2n) is 6.81. The third-order valence-electron chi connectivity index (χ3n) is 4.01. The lowest BCUT2D eigenvalue weighted by atomic mass is 10.1. The van der Waals surface area contributed by atoms with Crippen LogP contribution >= 0.6 is 11.8 Å². The fraction of sp³-hybridized carbons (Fsp3) is 0.333. The lowest BCUT2D eigenvalue weighted by molar-refractivity contribution is -0.115. The van der Waals surface area contributed by atoms with Gasteiger partial charge in [0.2, 0.25) is 11.8 Å². The van der Waals surface area contributed by atoms with Crippen molar-refractivity contribution in [2.75, 3.05) is 5.32 Å². The Morgan fingerprint density at radius 1 is 1.21 bits per heavy atom. The van der Waals surface area contributed by atoms with Gasteiger partial charge in [0, 0.05) is 16.9 Å². The summed E-state index contributed by atoms with van der Waals surface area (Å²) in [4.78, 5) is 28.4. The number of nitrogens with zero attached hydrogens (tertiary/aromatic N) is 2. The number of hydrogen-bond acceptors (Lipinski definition) is 5. The van der Waals surface area contributed by atoms with Gasteiger partial charge in [0.05, 0.1) is 10.8 Å². The minimum absolute atomic E-state index is 0.181. The normalized spacial score (nSPS) is 11.7. The predicted molar refractivity (Wildman–Crippen MR) is 111 cm³/mol. The number of nitrogens with two attached hydrogens (primary N) is 1. The van der Waals surface area contributed by atoms with Gasteiger partial charge in [-0.1, -0.05) is 32.5 Å². The van der Waals surface area contributed by atoms with E-state index >= 15 is 0 Å². The quantitative estimate of drug-likeness (QED) is 0.660. The van der Waals surface area contributed by atoms with Crippen molar-refractivity contribution in [2.45, 2.75) is 43.9 Å². The maximum atomic E-state index is 12.7. The number of pyridine rings is 1. The van der Waals surface area contributed by atoms with Gasteiger partial charge in [-0.2, -0.15) is 5.26 Å². The highest BCUT2D eigenvalue weighted by Crippen LogP contribution is 2.28. The number of carbonyl (C=O) groups excluding carboxylic acids is 2. The molecule has 0 saturated heterocycles. The molecule has 0 fully saturated rings. The van der Waals surface area contributed by atoms with E-state index in [0.717, 1.165) is 12.1 Å². The molecule has 0 spiro atoms. The lowest BCUT2D eigenvalue weighted by Crippen LogP contribution is -2.25. The van der Waals surface area contributed by atoms with Crippen molar-refractivity contribution in [1.29, 1.82) is 5.26 Å². The van der Waals surface area contributed by atoms with Crippen molar-refractivity contribution in [2.24, 2.45) is 11.7 Å². The highest BCUT2D eigenvalue weighted by Gasteiger charge is 2.21. The second kappa shape index (κ2) is 9.90. The summed E-state index contributed by atoms with van der Waals surface area (Å²) in [5, 5.41) is 12.4. The average molecular weight is 397 g/mol. The molecular formula is C21H24N4O2S. The molecule has 0 radical (unpaired) electrons. The smallest absolute Gasteiger partial charge is 0.248 e. The summed E-state index contributed by atoms with van der Waals surface area (Å²) in [5.41, 5.74) is 7.56. The van der Waals surface area contributed by atoms with Crippen LogP contribution in [-0.2, 0) is 11.2 Å². The molecule has 0 bridgehead atoms. The van der Waals surface area contributed by atoms with E-state index < -0.39 is 11.2 Å². The van der Waals surface area contributed by atoms with Gasteiger partial charge < -0.3 is 11.1 Å². The monoisotopic (exact) mass is 396 g/mol. The van der Waals surface area contributed by atoms with Crippen LogP contribution in [0.15, 0.2) is 41.4 Å². The Morgan fingerprint density at radius 2 is 1.89 bits per heavy atom. The van der Waals surface area contributed by atoms with E-state index in [4.69, 9.17) is 5.73 Å². The van der Waals surface area contributed by atoms with Gasteiger partial charge in [0.1, 0.15) is 11.1 Å². The zero-order chi connectivity index (χ0) is 20.7. The number of anilines is 1. The zero-order valence-electron chi connectivity index (χ0n) is 16.2. The van der Waals surface area contributed by atoms with Crippen molar-refractivity contribution in [1.82, 2.24) is 4.98 Å². The Balaban J connectivity index is 2.15. The highest BCUT2D eigenvalue weighted by atomic mass is 32.2. The average Bonchev–Trinajstić information content (AvgIpc) is 2.66. The summed E-state index contributed by atoms with van der Waals surface area (Å²) in [6.45, 7) is 6.13. The molecule has 1 heterocycles. The molecule has 1 aromatic carbocycles. The van der Waals surface area contributed by atoms with E-state index in [9.17, 15) is 14.9 Å². The number of carbonyl (C=O) groups is 2. The fourth-order valence-electron chi connectivity index (χ4n) is 2.58. The van der Waals surface area contributed by atoms with E-state index in [2.05, 4.69) is 30.2 Å². The minimum Gasteiger partial charge on any atom is -0.366 e. The molecule has 1 aromatic heterocycles. The van der Waals surface area contributed by atoms with Gasteiger partial charge in [-0.15, -0.1) is 0 Å². The molecule has 2 aromatic rings. The Morgan fingerprint density at radius 3 is 2.43 bits per heavy atom. The van der Waals surface area contributed by atoms with Crippen LogP contribution in [0.25, 0.3) is 0 Å². The number of hydrogen-bond donors (Lipinski definition) is 2. The first-order valence-electron chi connectivity index (χ1n) is 9.11. The number of benzene rings is 1. The van der Waals surface area contributed by atoms with Gasteiger partial charge in [0.25, 0.3) is 0 Å². The van der Waals surface area contributed by atoms with Gasteiger partial charge >= 0.3 is 0 Å². The van der Waals surface area contributed by atoms with Gasteiger partial charge in [-0.3, -0.25) is 9.59 Å². The molecule has 6 nitrogen and oxygen atoms in total. The molecule has 7 heteroatoms. The molecule has 0 saturated carbocycles. The van der Waals surface area contributed by atoms with Crippen LogP contribution in [0, 0.1) is 17.2 Å². The molecule has 1 atom stereocenters. The number of nitrogens with one attached hydrogen (secondary N) is 1. The zero-order valence-corrected chi connectivity index (χ0v) is 17.0. The van der Waals surface area contributed by atoms with Crippen LogP contribution in [-0.4, -0.2) is 22.0 Å². The molecule has 2 amide bonds. The Bertz CT molecular complexity index is 888. The van der Waals surface area contributed by atoms with Gasteiger partial charge in [-0.05, 0) is 55.2 Å². The SMILES string of the molecule is CCC(Sc1nc(CC(C)C)ccc1C#N)C(=O)Nc1ccc(C(N)=O)cc1. The first-order valence-corrected chi connectivity index (χ1v) is 9.99. The van der Waals surface area contributed by atoms with E-state index in [-0.39, 0.29) is 5.91 Å². The van der Waals surface area contributed by atoms with E-state index in [0.29, 0.717) is 34.2 Å². The predicted octanol–water partition coefficient (Wildman–Crippen LogP) is 3.76. The molecule has 0 aliphatic rings. The standard InChI is InChI=1S/C21H24N4O2S/c1-4-18(20(27)24-16-8-5-14(6-9-16)19(23)26)28-21-15(12-22)7-10-17(25-21)11-13(2)3/h5-10,13,18H,4,11H2,1-3H3,(H2,23,26)(H,24,27). The molecule has 2 rings (SSSR count). The summed E-state index contributed by atoms with van der Waals surface area (Å²) < 4.78 is 0. The van der Waals surface area contributed by atoms with Crippen molar-refractivity contribution in [3.05, 3.63) is 53.2 Å². The van der Waals surface area contributed by atoms with E-state index in [1.54, 1.807) is 30.3 Å². The topological polar surface area (TPSA) is 109 Å². The molecule has 28 heavy (non-hydrogen) atoms. The van der Waals surface area contributed by atoms with Crippen LogP contribution in [0.3, 0.4) is 0 Å². The Kier molecular flexibility index (Phi) is 7.59. The number of nitriles is 1.